The largest absolute Gasteiger partial charge is 0.493 e. The van der Waals surface area contributed by atoms with Gasteiger partial charge in [-0.3, -0.25) is 14.6 Å². The Kier molecular flexibility index (Phi) is 5.97. The topological polar surface area (TPSA) is 85.5 Å². The van der Waals surface area contributed by atoms with Crippen molar-refractivity contribution in [1.82, 2.24) is 9.99 Å². The van der Waals surface area contributed by atoms with E-state index in [0.29, 0.717) is 5.57 Å². The molecule has 6 nitrogen and oxygen atoms in total. The molecule has 0 fully saturated rings. The van der Waals surface area contributed by atoms with Gasteiger partial charge >= 0.3 is 0 Å². The number of carbonyl (C=O) groups is 2. The number of pyridine rings is 1. The van der Waals surface area contributed by atoms with E-state index < -0.39 is 5.78 Å². The number of methoxy groups -OCH3 is 1. The molecular weight excluding hydrogens is 338 g/mol. The van der Waals surface area contributed by atoms with Crippen LogP contribution in [0.1, 0.15) is 0 Å². The van der Waals surface area contributed by atoms with Gasteiger partial charge in [0.15, 0.2) is 5.76 Å². The lowest BCUT2D eigenvalue weighted by atomic mass is 10.1. The third kappa shape index (κ3) is 4.69. The number of aromatic nitrogens is 1. The van der Waals surface area contributed by atoms with E-state index in [1.165, 1.54) is 37.2 Å². The van der Waals surface area contributed by atoms with Gasteiger partial charge in [0.1, 0.15) is 0 Å². The summed E-state index contributed by atoms with van der Waals surface area (Å²) >= 11 is 7.11. The van der Waals surface area contributed by atoms with Crippen LogP contribution in [0.15, 0.2) is 64.1 Å². The Morgan fingerprint density at radius 2 is 2.26 bits per heavy atom. The lowest BCUT2D eigenvalue weighted by molar-refractivity contribution is -0.126. The first-order chi connectivity index (χ1) is 11.0. The zero-order valence-electron chi connectivity index (χ0n) is 12.2. The lowest BCUT2D eigenvalue weighted by Crippen LogP contribution is -2.34. The SMILES string of the molecule is COC1=CC(=CN(N)C(=O)CSc2ccccn2)C=C(Cl)C1=O. The minimum absolute atomic E-state index is 0.000639. The number of allylic oxidation sites excluding steroid dienone is 4. The summed E-state index contributed by atoms with van der Waals surface area (Å²) in [6.45, 7) is 0. The number of hydrogen-bond acceptors (Lipinski definition) is 6. The van der Waals surface area contributed by atoms with E-state index >= 15 is 0 Å². The Hall–Kier alpha value is -2.09. The Balaban J connectivity index is 2.02. The second-order valence-electron chi connectivity index (χ2n) is 4.42. The highest BCUT2D eigenvalue weighted by Gasteiger charge is 2.20. The van der Waals surface area contributed by atoms with E-state index in [2.05, 4.69) is 4.98 Å². The Bertz CT molecular complexity index is 701. The zero-order chi connectivity index (χ0) is 16.8. The summed E-state index contributed by atoms with van der Waals surface area (Å²) in [6.07, 6.45) is 5.92. The maximum absolute atomic E-state index is 12.0. The molecule has 2 rings (SSSR count). The van der Waals surface area contributed by atoms with Gasteiger partial charge in [-0.25, -0.2) is 10.8 Å². The molecule has 1 aromatic rings. The molecule has 1 amide bonds. The average Bonchev–Trinajstić information content (AvgIpc) is 2.56. The first-order valence-corrected chi connectivity index (χ1v) is 7.87. The summed E-state index contributed by atoms with van der Waals surface area (Å²) < 4.78 is 4.94. The van der Waals surface area contributed by atoms with Crippen LogP contribution in [0, 0.1) is 0 Å². The van der Waals surface area contributed by atoms with E-state index in [-0.39, 0.29) is 22.5 Å². The van der Waals surface area contributed by atoms with Crippen molar-refractivity contribution in [1.29, 1.82) is 0 Å². The number of hydrogen-bond donors (Lipinski definition) is 1. The maximum atomic E-state index is 12.0. The minimum atomic E-state index is -0.410. The average molecular weight is 352 g/mol. The smallest absolute Gasteiger partial charge is 0.251 e. The number of nitrogens with zero attached hydrogens (tertiary/aromatic N) is 2. The van der Waals surface area contributed by atoms with Crippen LogP contribution >= 0.6 is 23.4 Å². The van der Waals surface area contributed by atoms with Crippen LogP contribution in [-0.2, 0) is 14.3 Å². The Labute approximate surface area is 142 Å². The highest BCUT2D eigenvalue weighted by molar-refractivity contribution is 7.99. The molecule has 1 aromatic heterocycles. The first kappa shape index (κ1) is 17.3. The molecule has 0 aromatic carbocycles. The summed E-state index contributed by atoms with van der Waals surface area (Å²) in [4.78, 5) is 27.8. The second kappa shape index (κ2) is 7.96. The fourth-order valence-corrected chi connectivity index (χ4v) is 2.64. The molecule has 0 bridgehead atoms. The molecule has 1 heterocycles. The van der Waals surface area contributed by atoms with Crippen LogP contribution in [0.4, 0.5) is 0 Å². The Morgan fingerprint density at radius 1 is 1.48 bits per heavy atom. The van der Waals surface area contributed by atoms with Crippen molar-refractivity contribution in [2.24, 2.45) is 5.84 Å². The van der Waals surface area contributed by atoms with Crippen molar-refractivity contribution >= 4 is 35.1 Å². The maximum Gasteiger partial charge on any atom is 0.251 e. The van der Waals surface area contributed by atoms with Gasteiger partial charge in [-0.15, -0.1) is 0 Å². The molecule has 0 aliphatic heterocycles. The van der Waals surface area contributed by atoms with Gasteiger partial charge in [0.25, 0.3) is 5.91 Å². The summed E-state index contributed by atoms with van der Waals surface area (Å²) in [6, 6.07) is 5.44. The number of Topliss-reactive ketones (excluding diaryl/α,β-unsaturated/α-hetero) is 1. The van der Waals surface area contributed by atoms with Crippen molar-refractivity contribution in [2.75, 3.05) is 12.9 Å². The monoisotopic (exact) mass is 351 g/mol. The van der Waals surface area contributed by atoms with E-state index in [9.17, 15) is 9.59 Å². The van der Waals surface area contributed by atoms with Gasteiger partial charge in [-0.1, -0.05) is 29.4 Å². The van der Waals surface area contributed by atoms with Gasteiger partial charge in [0.05, 0.1) is 22.9 Å². The summed E-state index contributed by atoms with van der Waals surface area (Å²) in [5, 5.41) is 1.68. The summed E-state index contributed by atoms with van der Waals surface area (Å²) in [7, 11) is 1.37. The van der Waals surface area contributed by atoms with Crippen molar-refractivity contribution in [3.05, 3.63) is 59.1 Å². The highest BCUT2D eigenvalue weighted by Crippen LogP contribution is 2.22. The molecule has 0 saturated carbocycles. The molecular formula is C15H14ClN3O3S. The molecule has 0 unspecified atom stereocenters. The van der Waals surface area contributed by atoms with Crippen LogP contribution in [0.25, 0.3) is 0 Å². The minimum Gasteiger partial charge on any atom is -0.493 e. The lowest BCUT2D eigenvalue weighted by Gasteiger charge is -2.15. The second-order valence-corrected chi connectivity index (χ2v) is 5.82. The number of rotatable bonds is 5. The number of amides is 1. The third-order valence-electron chi connectivity index (χ3n) is 2.81. The van der Waals surface area contributed by atoms with Crippen molar-refractivity contribution in [2.45, 2.75) is 5.03 Å². The van der Waals surface area contributed by atoms with Crippen LogP contribution in [0.5, 0.6) is 0 Å². The van der Waals surface area contributed by atoms with Crippen LogP contribution in [-0.4, -0.2) is 34.5 Å². The van der Waals surface area contributed by atoms with Gasteiger partial charge in [0.2, 0.25) is 5.78 Å². The van der Waals surface area contributed by atoms with Gasteiger partial charge in [-0.05, 0) is 29.9 Å². The molecule has 0 saturated heterocycles. The molecule has 120 valence electrons. The zero-order valence-corrected chi connectivity index (χ0v) is 13.8. The summed E-state index contributed by atoms with van der Waals surface area (Å²) in [5.41, 5.74) is 0.491. The quantitative estimate of drug-likeness (QED) is 0.378. The molecule has 0 spiro atoms. The van der Waals surface area contributed by atoms with Crippen molar-refractivity contribution in [3.63, 3.8) is 0 Å². The number of thioether (sulfide) groups is 1. The van der Waals surface area contributed by atoms with Crippen molar-refractivity contribution in [3.8, 4) is 0 Å². The van der Waals surface area contributed by atoms with E-state index in [1.54, 1.807) is 18.3 Å². The molecule has 1 aliphatic rings. The van der Waals surface area contributed by atoms with Gasteiger partial charge in [-0.2, -0.15) is 0 Å². The molecule has 0 atom stereocenters. The fraction of sp³-hybridized carbons (Fsp3) is 0.133. The highest BCUT2D eigenvalue weighted by atomic mass is 35.5. The standard InChI is InChI=1S/C15H14ClN3O3S/c1-22-12-7-10(6-11(16)15(12)21)8-19(17)14(20)9-23-13-4-2-3-5-18-13/h2-8H,9,17H2,1H3. The van der Waals surface area contributed by atoms with Crippen LogP contribution in [0.2, 0.25) is 0 Å². The van der Waals surface area contributed by atoms with E-state index in [0.717, 1.165) is 10.0 Å². The molecule has 1 aliphatic carbocycles. The third-order valence-corrected chi connectivity index (χ3v) is 4.02. The van der Waals surface area contributed by atoms with Crippen molar-refractivity contribution < 1.29 is 14.3 Å². The molecule has 0 radical (unpaired) electrons. The van der Waals surface area contributed by atoms with Crippen LogP contribution < -0.4 is 5.84 Å². The Morgan fingerprint density at radius 3 is 2.91 bits per heavy atom. The number of hydrazine groups is 1. The first-order valence-electron chi connectivity index (χ1n) is 6.51. The number of ether oxygens (including phenoxy) is 1. The molecule has 2 N–H and O–H groups in total. The van der Waals surface area contributed by atoms with Crippen LogP contribution in [0.3, 0.4) is 0 Å². The number of ketones is 1. The van der Waals surface area contributed by atoms with Gasteiger partial charge < -0.3 is 4.74 Å². The fourth-order valence-electron chi connectivity index (χ4n) is 1.69. The number of halogens is 1. The van der Waals surface area contributed by atoms with E-state index in [1.807, 2.05) is 6.07 Å². The number of nitrogens with two attached hydrogens (primary N) is 1. The summed E-state index contributed by atoms with van der Waals surface area (Å²) in [5.74, 6) is 5.22. The predicted octanol–water partition coefficient (Wildman–Crippen LogP) is 2.00. The normalized spacial score (nSPS) is 16.0. The van der Waals surface area contributed by atoms with E-state index in [4.69, 9.17) is 22.2 Å². The predicted molar refractivity (Wildman–Crippen MR) is 88.1 cm³/mol. The van der Waals surface area contributed by atoms with Gasteiger partial charge in [0, 0.05) is 12.4 Å². The molecule has 23 heavy (non-hydrogen) atoms. The number of carbonyl (C=O) groups excluding carboxylic acids is 2. The molecule has 8 heteroatoms.